The number of aromatic nitrogens is 3. The molecule has 0 aliphatic carbocycles. The molecule has 0 saturated heterocycles. The van der Waals surface area contributed by atoms with Gasteiger partial charge in [0.2, 0.25) is 5.69 Å². The Kier molecular flexibility index (Phi) is 7.06. The third kappa shape index (κ3) is 4.71. The normalized spacial score (nSPS) is 12.3. The van der Waals surface area contributed by atoms with Crippen LogP contribution < -0.4 is 0 Å². The fraction of sp³-hybridized carbons (Fsp3) is 0. The van der Waals surface area contributed by atoms with Gasteiger partial charge in [-0.1, -0.05) is 109 Å². The average molecular weight is 894 g/mol. The molecule has 70 heavy (non-hydrogen) atoms. The Morgan fingerprint density at radius 3 is 1.11 bits per heavy atom. The summed E-state index contributed by atoms with van der Waals surface area (Å²) in [5.74, 6) is 0. The molecule has 10 aromatic carbocycles. The van der Waals surface area contributed by atoms with E-state index in [1.54, 1.807) is 0 Å². The first-order valence-corrected chi connectivity index (χ1v) is 23.2. The molecule has 0 amide bonds. The minimum atomic E-state index is 0.217. The average Bonchev–Trinajstić information content (AvgIpc) is 4.25. The number of nitriles is 1. The van der Waals surface area contributed by atoms with Gasteiger partial charge in [-0.05, 0) is 60.7 Å². The molecule has 6 aromatic heterocycles. The molecule has 0 N–H and O–H groups in total. The first-order valence-electron chi connectivity index (χ1n) is 23.2. The lowest BCUT2D eigenvalue weighted by Gasteiger charge is -2.22. The minimum absolute atomic E-state index is 0.217. The number of para-hydroxylation sites is 6. The van der Waals surface area contributed by atoms with Crippen LogP contribution in [0, 0.1) is 17.9 Å². The summed E-state index contributed by atoms with van der Waals surface area (Å²) < 4.78 is 26.3. The Morgan fingerprint density at radius 2 is 0.700 bits per heavy atom. The summed E-state index contributed by atoms with van der Waals surface area (Å²) in [7, 11) is 0. The Balaban J connectivity index is 1.12. The van der Waals surface area contributed by atoms with Crippen molar-refractivity contribution in [2.75, 3.05) is 0 Å². The van der Waals surface area contributed by atoms with Crippen LogP contribution in [0.25, 0.3) is 153 Å². The van der Waals surface area contributed by atoms with Gasteiger partial charge in [0.25, 0.3) is 0 Å². The Hall–Kier alpha value is -10.0. The van der Waals surface area contributed by atoms with E-state index in [1.807, 2.05) is 72.8 Å². The van der Waals surface area contributed by atoms with Gasteiger partial charge in [-0.15, -0.1) is 0 Å². The molecule has 8 heteroatoms. The molecule has 322 valence electrons. The molecule has 16 rings (SSSR count). The number of rotatable bonds is 3. The summed E-state index contributed by atoms with van der Waals surface area (Å²) in [6, 6.07) is 67.1. The largest absolute Gasteiger partial charge is 0.456 e. The number of hydrogen-bond donors (Lipinski definition) is 0. The fourth-order valence-corrected chi connectivity index (χ4v) is 11.7. The number of nitrogens with zero attached hydrogens (tertiary/aromatic N) is 5. The molecule has 0 saturated carbocycles. The van der Waals surface area contributed by atoms with Crippen LogP contribution in [0.2, 0.25) is 0 Å². The van der Waals surface area contributed by atoms with Crippen molar-refractivity contribution in [2.45, 2.75) is 0 Å². The second-order valence-electron chi connectivity index (χ2n) is 18.2. The summed E-state index contributed by atoms with van der Waals surface area (Å²) in [5.41, 5.74) is 12.3. The smallest absolute Gasteiger partial charge is 0.232 e. The number of hydrogen-bond acceptors (Lipinski definition) is 4. The van der Waals surface area contributed by atoms with Gasteiger partial charge in [-0.2, -0.15) is 5.26 Å². The standard InChI is InChI=1S/C62H31N5O3/c1-64-61-46(33-63)50(65-47-20-8-2-14-34(47)40-26-43-37-17-5-11-23-55(37)68-58(43)30-51(40)65)29-54(66-48-21-9-3-15-35(48)41-27-44-38-18-6-12-24-56(38)69-59(44)31-52(41)66)62(61)67-49-22-10-4-16-36(49)42-28-45-39-19-7-13-25-57(39)70-60(45)32-53(42)67/h2-32H. The van der Waals surface area contributed by atoms with Crippen LogP contribution in [-0.4, -0.2) is 13.7 Å². The lowest BCUT2D eigenvalue weighted by Crippen LogP contribution is -2.08. The minimum Gasteiger partial charge on any atom is -0.456 e. The molecule has 0 fully saturated rings. The van der Waals surface area contributed by atoms with E-state index in [9.17, 15) is 11.8 Å². The first-order chi connectivity index (χ1) is 34.6. The Morgan fingerprint density at radius 1 is 0.343 bits per heavy atom. The second kappa shape index (κ2) is 13.3. The summed E-state index contributed by atoms with van der Waals surface area (Å²) >= 11 is 0. The van der Waals surface area contributed by atoms with Gasteiger partial charge < -0.3 is 27.0 Å². The zero-order valence-corrected chi connectivity index (χ0v) is 36.9. The van der Waals surface area contributed by atoms with E-state index in [0.717, 1.165) is 131 Å². The van der Waals surface area contributed by atoms with E-state index in [0.29, 0.717) is 17.1 Å². The zero-order valence-electron chi connectivity index (χ0n) is 36.9. The van der Waals surface area contributed by atoms with Crippen molar-refractivity contribution < 1.29 is 13.3 Å². The van der Waals surface area contributed by atoms with Gasteiger partial charge in [0.1, 0.15) is 33.5 Å². The number of benzene rings is 10. The predicted molar refractivity (Wildman–Crippen MR) is 282 cm³/mol. The quantitative estimate of drug-likeness (QED) is 0.165. The van der Waals surface area contributed by atoms with Gasteiger partial charge in [0.15, 0.2) is 0 Å². The lowest BCUT2D eigenvalue weighted by molar-refractivity contribution is 0.669. The lowest BCUT2D eigenvalue weighted by atomic mass is 10.1. The molecular formula is C62H31N5O3. The van der Waals surface area contributed by atoms with Crippen LogP contribution in [-0.2, 0) is 0 Å². The number of furan rings is 3. The summed E-state index contributed by atoms with van der Waals surface area (Å²) in [6.45, 7) is 9.28. The van der Waals surface area contributed by atoms with E-state index >= 15 is 0 Å². The van der Waals surface area contributed by atoms with Crippen LogP contribution in [0.5, 0.6) is 0 Å². The number of fused-ring (bicyclic) bond motifs is 18. The molecule has 0 aliphatic rings. The van der Waals surface area contributed by atoms with Crippen LogP contribution in [0.4, 0.5) is 5.69 Å². The van der Waals surface area contributed by atoms with Crippen LogP contribution in [0.15, 0.2) is 201 Å². The Labute approximate surface area is 395 Å². The highest BCUT2D eigenvalue weighted by molar-refractivity contribution is 6.21. The molecule has 6 heterocycles. The molecule has 0 radical (unpaired) electrons. The maximum atomic E-state index is 11.7. The third-order valence-electron chi connectivity index (χ3n) is 14.7. The molecule has 0 unspecified atom stereocenters. The third-order valence-corrected chi connectivity index (χ3v) is 14.7. The van der Waals surface area contributed by atoms with Crippen molar-refractivity contribution in [1.29, 1.82) is 5.26 Å². The molecule has 0 atom stereocenters. The summed E-state index contributed by atoms with van der Waals surface area (Å²) in [6.07, 6.45) is 0. The second-order valence-corrected chi connectivity index (χ2v) is 18.2. The molecule has 0 bridgehead atoms. The highest BCUT2D eigenvalue weighted by atomic mass is 16.3. The van der Waals surface area contributed by atoms with Crippen molar-refractivity contribution in [3.8, 4) is 23.1 Å². The monoisotopic (exact) mass is 893 g/mol. The maximum Gasteiger partial charge on any atom is 0.232 e. The van der Waals surface area contributed by atoms with Crippen molar-refractivity contribution >= 4 is 137 Å². The molecule has 16 aromatic rings. The van der Waals surface area contributed by atoms with Crippen LogP contribution in [0.3, 0.4) is 0 Å². The molecular weight excluding hydrogens is 863 g/mol. The van der Waals surface area contributed by atoms with Crippen molar-refractivity contribution in [1.82, 2.24) is 13.7 Å². The van der Waals surface area contributed by atoms with Crippen molar-refractivity contribution in [2.24, 2.45) is 0 Å². The van der Waals surface area contributed by atoms with Crippen molar-refractivity contribution in [3.63, 3.8) is 0 Å². The van der Waals surface area contributed by atoms with Gasteiger partial charge in [0, 0.05) is 82.8 Å². The summed E-state index contributed by atoms with van der Waals surface area (Å²) in [5, 5.41) is 24.0. The SMILES string of the molecule is [C-]#[N+]c1c(C#N)c(-n2c3ccccc3c3cc4c(cc32)oc2ccccc24)cc(-n2c3ccccc3c3cc4c(cc32)oc2ccccc24)c1-n1c2ccccc2c2cc3c(cc21)oc1ccccc13. The molecule has 8 nitrogen and oxygen atoms in total. The molecule has 0 aliphatic heterocycles. The summed E-state index contributed by atoms with van der Waals surface area (Å²) in [4.78, 5) is 4.45. The predicted octanol–water partition coefficient (Wildman–Crippen LogP) is 17.1. The van der Waals surface area contributed by atoms with Crippen LogP contribution >= 0.6 is 0 Å². The van der Waals surface area contributed by atoms with E-state index < -0.39 is 0 Å². The van der Waals surface area contributed by atoms with Gasteiger partial charge in [-0.3, -0.25) is 0 Å². The Bertz CT molecular complexity index is 5110. The van der Waals surface area contributed by atoms with E-state index in [-0.39, 0.29) is 11.3 Å². The topological polar surface area (TPSA) is 82.4 Å². The van der Waals surface area contributed by atoms with E-state index in [2.05, 4.69) is 140 Å². The van der Waals surface area contributed by atoms with Gasteiger partial charge in [0.05, 0.1) is 68.4 Å². The highest BCUT2D eigenvalue weighted by Gasteiger charge is 2.30. The fourth-order valence-electron chi connectivity index (χ4n) is 11.7. The van der Waals surface area contributed by atoms with Crippen molar-refractivity contribution in [3.05, 3.63) is 205 Å². The van der Waals surface area contributed by atoms with E-state index in [1.165, 1.54) is 0 Å². The maximum absolute atomic E-state index is 11.7. The first kappa shape index (κ1) is 37.1. The van der Waals surface area contributed by atoms with Gasteiger partial charge >= 0.3 is 0 Å². The zero-order chi connectivity index (χ0) is 45.9. The molecule has 0 spiro atoms. The highest BCUT2D eigenvalue weighted by Crippen LogP contribution is 2.49. The van der Waals surface area contributed by atoms with Crippen LogP contribution in [0.1, 0.15) is 5.56 Å². The van der Waals surface area contributed by atoms with Gasteiger partial charge in [-0.25, -0.2) is 4.85 Å². The van der Waals surface area contributed by atoms with E-state index in [4.69, 9.17) is 13.3 Å².